The van der Waals surface area contributed by atoms with Gasteiger partial charge in [0.05, 0.1) is 0 Å². The van der Waals surface area contributed by atoms with Crippen molar-refractivity contribution in [2.45, 2.75) is 61.8 Å². The van der Waals surface area contributed by atoms with Gasteiger partial charge in [-0.25, -0.2) is 0 Å². The van der Waals surface area contributed by atoms with Gasteiger partial charge in [-0.15, -0.1) is 0 Å². The molecule has 0 aliphatic carbocycles. The third kappa shape index (κ3) is 10.0. The van der Waals surface area contributed by atoms with Gasteiger partial charge in [-0.2, -0.15) is 0 Å². The van der Waals surface area contributed by atoms with Crippen LogP contribution in [0.3, 0.4) is 0 Å². The lowest BCUT2D eigenvalue weighted by Crippen LogP contribution is -2.23. The molecule has 0 aliphatic rings. The van der Waals surface area contributed by atoms with Crippen LogP contribution < -0.4 is 0 Å². The molecule has 0 radical (unpaired) electrons. The second kappa shape index (κ2) is 10.3. The Morgan fingerprint density at radius 3 is 1.89 bits per heavy atom. The molecule has 0 aromatic heterocycles. The quantitative estimate of drug-likeness (QED) is 0.478. The SMILES string of the molecule is C=C/C(=C\C=C(/C)Cl)C(CC(C)C)C(C)(C)C.CC. The highest BCUT2D eigenvalue weighted by Crippen LogP contribution is 2.37. The summed E-state index contributed by atoms with van der Waals surface area (Å²) in [6, 6.07) is 0. The zero-order chi connectivity index (χ0) is 15.6. The summed E-state index contributed by atoms with van der Waals surface area (Å²) in [7, 11) is 0. The van der Waals surface area contributed by atoms with E-state index in [0.717, 1.165) is 5.03 Å². The first-order valence-electron chi connectivity index (χ1n) is 7.35. The monoisotopic (exact) mass is 284 g/mol. The molecule has 0 nitrogen and oxygen atoms in total. The summed E-state index contributed by atoms with van der Waals surface area (Å²) in [5, 5.41) is 0.807. The van der Waals surface area contributed by atoms with Crippen molar-refractivity contribution >= 4 is 11.6 Å². The minimum Gasteiger partial charge on any atom is -0.0988 e. The van der Waals surface area contributed by atoms with E-state index in [1.54, 1.807) is 0 Å². The third-order valence-electron chi connectivity index (χ3n) is 2.90. The van der Waals surface area contributed by atoms with Gasteiger partial charge in [0, 0.05) is 5.03 Å². The van der Waals surface area contributed by atoms with Crippen molar-refractivity contribution in [2.75, 3.05) is 0 Å². The van der Waals surface area contributed by atoms with Crippen molar-refractivity contribution in [3.8, 4) is 0 Å². The van der Waals surface area contributed by atoms with Gasteiger partial charge in [0.25, 0.3) is 0 Å². The highest BCUT2D eigenvalue weighted by molar-refractivity contribution is 6.29. The van der Waals surface area contributed by atoms with Crippen LogP contribution in [0.1, 0.15) is 61.8 Å². The van der Waals surface area contributed by atoms with E-state index in [4.69, 9.17) is 11.6 Å². The first-order chi connectivity index (χ1) is 8.68. The fourth-order valence-corrected chi connectivity index (χ4v) is 2.06. The van der Waals surface area contributed by atoms with Gasteiger partial charge in [0.2, 0.25) is 0 Å². The standard InChI is InChI=1S/C16H27Cl.C2H6/c1-8-14(10-9-13(4)17)15(11-12(2)3)16(5,6)7;1-2/h8-10,12,15H,1,11H2,2-7H3;1-2H3/b13-9+,14-10+;. The molecule has 0 aromatic carbocycles. The van der Waals surface area contributed by atoms with Crippen molar-refractivity contribution < 1.29 is 0 Å². The Balaban J connectivity index is 0. The lowest BCUT2D eigenvalue weighted by Gasteiger charge is -2.33. The molecule has 1 unspecified atom stereocenters. The van der Waals surface area contributed by atoms with Crippen molar-refractivity contribution in [3.63, 3.8) is 0 Å². The predicted octanol–water partition coefficient (Wildman–Crippen LogP) is 6.98. The summed E-state index contributed by atoms with van der Waals surface area (Å²) in [4.78, 5) is 0. The van der Waals surface area contributed by atoms with Crippen LogP contribution >= 0.6 is 11.6 Å². The molecule has 0 aromatic rings. The zero-order valence-corrected chi connectivity index (χ0v) is 14.9. The van der Waals surface area contributed by atoms with Crippen molar-refractivity contribution in [1.29, 1.82) is 0 Å². The van der Waals surface area contributed by atoms with Crippen LogP contribution in [-0.2, 0) is 0 Å². The molecule has 1 atom stereocenters. The minimum atomic E-state index is 0.248. The topological polar surface area (TPSA) is 0 Å². The third-order valence-corrected chi connectivity index (χ3v) is 3.02. The molecule has 0 spiro atoms. The van der Waals surface area contributed by atoms with E-state index in [0.29, 0.717) is 11.8 Å². The van der Waals surface area contributed by atoms with E-state index >= 15 is 0 Å². The molecule has 0 fully saturated rings. The summed E-state index contributed by atoms with van der Waals surface area (Å²) in [6.07, 6.45) is 7.20. The average molecular weight is 285 g/mol. The van der Waals surface area contributed by atoms with Crippen LogP contribution in [-0.4, -0.2) is 0 Å². The summed E-state index contributed by atoms with van der Waals surface area (Å²) in [5.74, 6) is 1.20. The second-order valence-electron chi connectivity index (χ2n) is 6.17. The summed E-state index contributed by atoms with van der Waals surface area (Å²) in [6.45, 7) is 21.2. The molecule has 0 rings (SSSR count). The maximum atomic E-state index is 5.89. The van der Waals surface area contributed by atoms with Gasteiger partial charge in [0.15, 0.2) is 0 Å². The van der Waals surface area contributed by atoms with Gasteiger partial charge < -0.3 is 0 Å². The smallest absolute Gasteiger partial charge is 0.0150 e. The Kier molecular flexibility index (Phi) is 11.3. The van der Waals surface area contributed by atoms with Crippen molar-refractivity contribution in [3.05, 3.63) is 35.4 Å². The van der Waals surface area contributed by atoms with E-state index in [2.05, 4.69) is 47.3 Å². The molecule has 0 saturated carbocycles. The number of allylic oxidation sites excluding steroid dienone is 5. The van der Waals surface area contributed by atoms with E-state index in [-0.39, 0.29) is 5.41 Å². The van der Waals surface area contributed by atoms with Crippen molar-refractivity contribution in [1.82, 2.24) is 0 Å². The fraction of sp³-hybridized carbons (Fsp3) is 0.667. The molecule has 19 heavy (non-hydrogen) atoms. The number of hydrogen-bond donors (Lipinski definition) is 0. The maximum Gasteiger partial charge on any atom is 0.0150 e. The lowest BCUT2D eigenvalue weighted by molar-refractivity contribution is 0.245. The minimum absolute atomic E-state index is 0.248. The summed E-state index contributed by atoms with van der Waals surface area (Å²) < 4.78 is 0. The summed E-state index contributed by atoms with van der Waals surface area (Å²) in [5.41, 5.74) is 1.53. The maximum absolute atomic E-state index is 5.89. The molecule has 0 amide bonds. The molecule has 0 bridgehead atoms. The van der Waals surface area contributed by atoms with Crippen LogP contribution in [0.4, 0.5) is 0 Å². The zero-order valence-electron chi connectivity index (χ0n) is 14.2. The molecular weight excluding hydrogens is 252 g/mol. The predicted molar refractivity (Wildman–Crippen MR) is 91.6 cm³/mol. The average Bonchev–Trinajstić information content (AvgIpc) is 2.29. The van der Waals surface area contributed by atoms with Crippen LogP contribution in [0, 0.1) is 17.3 Å². The van der Waals surface area contributed by atoms with Crippen LogP contribution in [0.15, 0.2) is 35.4 Å². The summed E-state index contributed by atoms with van der Waals surface area (Å²) >= 11 is 5.89. The first-order valence-corrected chi connectivity index (χ1v) is 7.72. The van der Waals surface area contributed by atoms with Crippen LogP contribution in [0.25, 0.3) is 0 Å². The van der Waals surface area contributed by atoms with E-state index < -0.39 is 0 Å². The van der Waals surface area contributed by atoms with Crippen LogP contribution in [0.2, 0.25) is 0 Å². The molecular formula is C18H33Cl. The fourth-order valence-electron chi connectivity index (χ4n) is 2.00. The van der Waals surface area contributed by atoms with Crippen molar-refractivity contribution in [2.24, 2.45) is 17.3 Å². The molecule has 1 heteroatoms. The largest absolute Gasteiger partial charge is 0.0988 e. The van der Waals surface area contributed by atoms with E-state index in [1.807, 2.05) is 32.9 Å². The van der Waals surface area contributed by atoms with Crippen LogP contribution in [0.5, 0.6) is 0 Å². The highest BCUT2D eigenvalue weighted by atomic mass is 35.5. The van der Waals surface area contributed by atoms with E-state index in [9.17, 15) is 0 Å². The first kappa shape index (κ1) is 20.8. The second-order valence-corrected chi connectivity index (χ2v) is 6.77. The Morgan fingerprint density at radius 1 is 1.16 bits per heavy atom. The van der Waals surface area contributed by atoms with Gasteiger partial charge >= 0.3 is 0 Å². The molecule has 0 N–H and O–H groups in total. The Labute approximate surface area is 126 Å². The van der Waals surface area contributed by atoms with Gasteiger partial charge in [-0.05, 0) is 42.2 Å². The van der Waals surface area contributed by atoms with Gasteiger partial charge in [-0.1, -0.05) is 78.8 Å². The normalized spacial score (nSPS) is 14.8. The molecule has 0 aliphatic heterocycles. The Hall–Kier alpha value is -0.490. The molecule has 0 heterocycles. The number of halogens is 1. The highest BCUT2D eigenvalue weighted by Gasteiger charge is 2.27. The van der Waals surface area contributed by atoms with E-state index in [1.165, 1.54) is 12.0 Å². The van der Waals surface area contributed by atoms with Gasteiger partial charge in [0.1, 0.15) is 0 Å². The molecule has 112 valence electrons. The Morgan fingerprint density at radius 2 is 1.63 bits per heavy atom. The van der Waals surface area contributed by atoms with Gasteiger partial charge in [-0.3, -0.25) is 0 Å². The Bertz CT molecular complexity index is 296. The number of rotatable bonds is 5. The lowest BCUT2D eigenvalue weighted by atomic mass is 9.72. The number of hydrogen-bond acceptors (Lipinski definition) is 0. The molecule has 0 saturated heterocycles.